The Kier molecular flexibility index (Phi) is 6.53. The van der Waals surface area contributed by atoms with Crippen LogP contribution in [0.2, 0.25) is 0 Å². The van der Waals surface area contributed by atoms with E-state index in [4.69, 9.17) is 13.9 Å². The molecule has 0 bridgehead atoms. The molecule has 3 rings (SSSR count). The van der Waals surface area contributed by atoms with Gasteiger partial charge in [-0.3, -0.25) is 0 Å². The van der Waals surface area contributed by atoms with Gasteiger partial charge in [0.05, 0.1) is 25.7 Å². The lowest BCUT2D eigenvalue weighted by Gasteiger charge is -2.17. The summed E-state index contributed by atoms with van der Waals surface area (Å²) in [5.74, 6) is 2.82. The zero-order chi connectivity index (χ0) is 19.2. The van der Waals surface area contributed by atoms with E-state index >= 15 is 0 Å². The van der Waals surface area contributed by atoms with E-state index < -0.39 is 0 Å². The number of nitrogens with one attached hydrogen (secondary N) is 1. The van der Waals surface area contributed by atoms with Gasteiger partial charge in [0.2, 0.25) is 0 Å². The van der Waals surface area contributed by atoms with Crippen LogP contribution >= 0.6 is 11.3 Å². The number of rotatable bonds is 9. The molecular formula is C21H26N2O3S. The molecule has 6 heteroatoms. The van der Waals surface area contributed by atoms with Crippen molar-refractivity contribution in [1.82, 2.24) is 10.3 Å². The van der Waals surface area contributed by atoms with Gasteiger partial charge in [0.25, 0.3) is 0 Å². The van der Waals surface area contributed by atoms with E-state index in [2.05, 4.69) is 42.5 Å². The Labute approximate surface area is 164 Å². The average Bonchev–Trinajstić information content (AvgIpc) is 3.35. The van der Waals surface area contributed by atoms with Crippen LogP contribution in [0, 0.1) is 5.92 Å². The second-order valence-electron chi connectivity index (χ2n) is 6.84. The normalized spacial score (nSPS) is 12.3. The molecule has 0 fully saturated rings. The van der Waals surface area contributed by atoms with E-state index in [-0.39, 0.29) is 6.04 Å². The van der Waals surface area contributed by atoms with E-state index in [9.17, 15) is 0 Å². The molecule has 1 unspecified atom stereocenters. The molecule has 144 valence electrons. The van der Waals surface area contributed by atoms with Crippen molar-refractivity contribution in [2.45, 2.75) is 33.4 Å². The molecule has 0 amide bonds. The molecule has 2 aromatic heterocycles. The van der Waals surface area contributed by atoms with Crippen LogP contribution in [0.3, 0.4) is 0 Å². The topological polar surface area (TPSA) is 56.5 Å². The van der Waals surface area contributed by atoms with Crippen molar-refractivity contribution in [3.63, 3.8) is 0 Å². The SMILES string of the molecule is COc1cc(C(C)NCc2csc(-c3ccco3)n2)ccc1OCC(C)C. The maximum Gasteiger partial charge on any atom is 0.162 e. The minimum Gasteiger partial charge on any atom is -0.493 e. The van der Waals surface area contributed by atoms with Gasteiger partial charge in [0.15, 0.2) is 22.3 Å². The first-order chi connectivity index (χ1) is 13.1. The fraction of sp³-hybridized carbons (Fsp3) is 0.381. The van der Waals surface area contributed by atoms with Crippen molar-refractivity contribution in [2.75, 3.05) is 13.7 Å². The summed E-state index contributed by atoms with van der Waals surface area (Å²) in [6.07, 6.45) is 1.67. The van der Waals surface area contributed by atoms with Gasteiger partial charge in [0.1, 0.15) is 0 Å². The summed E-state index contributed by atoms with van der Waals surface area (Å²) < 4.78 is 16.7. The number of nitrogens with zero attached hydrogens (tertiary/aromatic N) is 1. The number of hydrogen-bond acceptors (Lipinski definition) is 6. The highest BCUT2D eigenvalue weighted by molar-refractivity contribution is 7.13. The predicted molar refractivity (Wildman–Crippen MR) is 108 cm³/mol. The van der Waals surface area contributed by atoms with Gasteiger partial charge in [-0.15, -0.1) is 11.3 Å². The van der Waals surface area contributed by atoms with E-state index in [1.54, 1.807) is 24.7 Å². The van der Waals surface area contributed by atoms with Gasteiger partial charge < -0.3 is 19.2 Å². The van der Waals surface area contributed by atoms with Crippen molar-refractivity contribution in [3.8, 4) is 22.3 Å². The van der Waals surface area contributed by atoms with Crippen LogP contribution in [0.5, 0.6) is 11.5 Å². The maximum absolute atomic E-state index is 5.83. The molecule has 0 saturated heterocycles. The molecule has 5 nitrogen and oxygen atoms in total. The molecule has 1 atom stereocenters. The molecule has 0 aliphatic heterocycles. The summed E-state index contributed by atoms with van der Waals surface area (Å²) in [4.78, 5) is 4.62. The third kappa shape index (κ3) is 5.11. The molecule has 3 aromatic rings. The smallest absolute Gasteiger partial charge is 0.162 e. The average molecular weight is 387 g/mol. The van der Waals surface area contributed by atoms with Crippen LogP contribution in [0.1, 0.15) is 38.1 Å². The van der Waals surface area contributed by atoms with E-state index in [1.807, 2.05) is 24.3 Å². The number of thiazole rings is 1. The molecular weight excluding hydrogens is 360 g/mol. The Hall–Kier alpha value is -2.31. The minimum atomic E-state index is 0.159. The first-order valence-electron chi connectivity index (χ1n) is 9.09. The summed E-state index contributed by atoms with van der Waals surface area (Å²) in [6.45, 7) is 7.74. The standard InChI is InChI=1S/C21H26N2O3S/c1-14(2)12-26-18-8-7-16(10-20(18)24-4)15(3)22-11-17-13-27-21(23-17)19-6-5-9-25-19/h5-10,13-15,22H,11-12H2,1-4H3. The summed E-state index contributed by atoms with van der Waals surface area (Å²) in [5.41, 5.74) is 2.15. The number of methoxy groups -OCH3 is 1. The van der Waals surface area contributed by atoms with Gasteiger partial charge in [-0.1, -0.05) is 19.9 Å². The Morgan fingerprint density at radius 2 is 2.04 bits per heavy atom. The van der Waals surface area contributed by atoms with E-state index in [1.165, 1.54) is 0 Å². The second kappa shape index (κ2) is 9.06. The van der Waals surface area contributed by atoms with Crippen LogP contribution in [0.25, 0.3) is 10.8 Å². The highest BCUT2D eigenvalue weighted by Gasteiger charge is 2.12. The maximum atomic E-state index is 5.83. The Morgan fingerprint density at radius 3 is 2.74 bits per heavy atom. The molecule has 0 aliphatic rings. The Bertz CT molecular complexity index is 843. The Morgan fingerprint density at radius 1 is 1.19 bits per heavy atom. The van der Waals surface area contributed by atoms with Crippen LogP contribution in [-0.4, -0.2) is 18.7 Å². The van der Waals surface area contributed by atoms with Gasteiger partial charge >= 0.3 is 0 Å². The van der Waals surface area contributed by atoms with Crippen molar-refractivity contribution >= 4 is 11.3 Å². The second-order valence-corrected chi connectivity index (χ2v) is 7.70. The fourth-order valence-electron chi connectivity index (χ4n) is 2.61. The van der Waals surface area contributed by atoms with Crippen molar-refractivity contribution in [3.05, 3.63) is 53.2 Å². The molecule has 27 heavy (non-hydrogen) atoms. The number of aromatic nitrogens is 1. The van der Waals surface area contributed by atoms with E-state index in [0.717, 1.165) is 33.5 Å². The highest BCUT2D eigenvalue weighted by Crippen LogP contribution is 2.31. The lowest BCUT2D eigenvalue weighted by atomic mass is 10.1. The Balaban J connectivity index is 1.61. The number of ether oxygens (including phenoxy) is 2. The predicted octanol–water partition coefficient (Wildman–Crippen LogP) is 5.30. The number of benzene rings is 1. The first kappa shape index (κ1) is 19.5. The largest absolute Gasteiger partial charge is 0.493 e. The van der Waals surface area contributed by atoms with Gasteiger partial charge in [-0.25, -0.2) is 4.98 Å². The van der Waals surface area contributed by atoms with Crippen molar-refractivity contribution < 1.29 is 13.9 Å². The fourth-order valence-corrected chi connectivity index (χ4v) is 3.39. The lowest BCUT2D eigenvalue weighted by Crippen LogP contribution is -2.18. The first-order valence-corrected chi connectivity index (χ1v) is 9.97. The number of hydrogen-bond donors (Lipinski definition) is 1. The van der Waals surface area contributed by atoms with Crippen LogP contribution in [0.15, 0.2) is 46.4 Å². The van der Waals surface area contributed by atoms with Crippen molar-refractivity contribution in [1.29, 1.82) is 0 Å². The van der Waals surface area contributed by atoms with Crippen LogP contribution in [0.4, 0.5) is 0 Å². The minimum absolute atomic E-state index is 0.159. The van der Waals surface area contributed by atoms with Crippen molar-refractivity contribution in [2.24, 2.45) is 5.92 Å². The van der Waals surface area contributed by atoms with Gasteiger partial charge in [-0.05, 0) is 42.7 Å². The molecule has 0 saturated carbocycles. The summed E-state index contributed by atoms with van der Waals surface area (Å²) in [6, 6.07) is 10.0. The van der Waals surface area contributed by atoms with E-state index in [0.29, 0.717) is 19.1 Å². The third-order valence-corrected chi connectivity index (χ3v) is 5.04. The quantitative estimate of drug-likeness (QED) is 0.541. The lowest BCUT2D eigenvalue weighted by molar-refractivity contribution is 0.256. The summed E-state index contributed by atoms with van der Waals surface area (Å²) >= 11 is 1.59. The number of furan rings is 1. The molecule has 0 spiro atoms. The van der Waals surface area contributed by atoms with Crippen LogP contribution in [-0.2, 0) is 6.54 Å². The van der Waals surface area contributed by atoms with Crippen LogP contribution < -0.4 is 14.8 Å². The van der Waals surface area contributed by atoms with Gasteiger partial charge in [0, 0.05) is 18.0 Å². The van der Waals surface area contributed by atoms with Gasteiger partial charge in [-0.2, -0.15) is 0 Å². The molecule has 2 heterocycles. The molecule has 0 radical (unpaired) electrons. The zero-order valence-electron chi connectivity index (χ0n) is 16.2. The molecule has 1 aromatic carbocycles. The molecule has 0 aliphatic carbocycles. The zero-order valence-corrected chi connectivity index (χ0v) is 17.0. The third-order valence-electron chi connectivity index (χ3n) is 4.13. The highest BCUT2D eigenvalue weighted by atomic mass is 32.1. The summed E-state index contributed by atoms with van der Waals surface area (Å²) in [7, 11) is 1.67. The monoisotopic (exact) mass is 386 g/mol. The summed E-state index contributed by atoms with van der Waals surface area (Å²) in [5, 5.41) is 6.47. The molecule has 1 N–H and O–H groups in total.